The first-order chi connectivity index (χ1) is 10.2. The van der Waals surface area contributed by atoms with E-state index in [9.17, 15) is 9.59 Å². The van der Waals surface area contributed by atoms with E-state index < -0.39 is 6.09 Å². The predicted octanol–water partition coefficient (Wildman–Crippen LogP) is 2.64. The lowest BCUT2D eigenvalue weighted by Crippen LogP contribution is -2.23. The smallest absolute Gasteiger partial charge is 0.407 e. The molecule has 0 aliphatic heterocycles. The zero-order chi connectivity index (χ0) is 15.1. The molecule has 0 fully saturated rings. The summed E-state index contributed by atoms with van der Waals surface area (Å²) in [5.74, 6) is 0.427. The van der Waals surface area contributed by atoms with E-state index in [2.05, 4.69) is 5.32 Å². The number of hydrogen-bond donors (Lipinski definition) is 1. The summed E-state index contributed by atoms with van der Waals surface area (Å²) >= 11 is 1.53. The van der Waals surface area contributed by atoms with Crippen LogP contribution in [0.1, 0.15) is 16.0 Å². The number of methoxy groups -OCH3 is 1. The minimum Gasteiger partial charge on any atom is -0.496 e. The Labute approximate surface area is 126 Å². The highest BCUT2D eigenvalue weighted by atomic mass is 32.1. The van der Waals surface area contributed by atoms with Crippen LogP contribution in [0.2, 0.25) is 0 Å². The molecule has 0 saturated heterocycles. The molecule has 1 heterocycles. The maximum atomic E-state index is 11.6. The van der Waals surface area contributed by atoms with Crippen LogP contribution in [0.5, 0.6) is 5.75 Å². The van der Waals surface area contributed by atoms with Crippen LogP contribution < -0.4 is 10.1 Å². The summed E-state index contributed by atoms with van der Waals surface area (Å²) < 4.78 is 10.2. The fourth-order valence-electron chi connectivity index (χ4n) is 1.69. The van der Waals surface area contributed by atoms with Crippen molar-refractivity contribution in [2.75, 3.05) is 7.11 Å². The first kappa shape index (κ1) is 15.1. The molecule has 1 N–H and O–H groups in total. The van der Waals surface area contributed by atoms with Gasteiger partial charge >= 0.3 is 6.09 Å². The Morgan fingerprint density at radius 3 is 2.90 bits per heavy atom. The predicted molar refractivity (Wildman–Crippen MR) is 79.1 cm³/mol. The molecule has 1 radical (unpaired) electrons. The van der Waals surface area contributed by atoms with E-state index in [4.69, 9.17) is 9.47 Å². The van der Waals surface area contributed by atoms with Crippen LogP contribution in [-0.4, -0.2) is 19.5 Å². The van der Waals surface area contributed by atoms with Gasteiger partial charge in [-0.2, -0.15) is 0 Å². The fourth-order valence-corrected chi connectivity index (χ4v) is 2.30. The number of carbonyl (C=O) groups excluding carboxylic acids is 2. The minimum atomic E-state index is -0.492. The van der Waals surface area contributed by atoms with Crippen molar-refractivity contribution < 1.29 is 19.1 Å². The number of rotatable bonds is 6. The van der Waals surface area contributed by atoms with Gasteiger partial charge in [-0.1, -0.05) is 12.1 Å². The van der Waals surface area contributed by atoms with Crippen LogP contribution in [0, 0.1) is 0 Å². The second-order valence-corrected chi connectivity index (χ2v) is 5.18. The van der Waals surface area contributed by atoms with Gasteiger partial charge < -0.3 is 14.8 Å². The third-order valence-electron chi connectivity index (χ3n) is 2.74. The molecule has 2 aromatic rings. The number of ether oxygens (including phenoxy) is 2. The number of benzene rings is 1. The molecule has 0 aliphatic carbocycles. The third-order valence-corrected chi connectivity index (χ3v) is 3.59. The third kappa shape index (κ3) is 4.32. The molecule has 1 aromatic heterocycles. The Bertz CT molecular complexity index is 610. The molecule has 6 heteroatoms. The highest BCUT2D eigenvalue weighted by Crippen LogP contribution is 2.18. The normalized spacial score (nSPS) is 9.95. The lowest BCUT2D eigenvalue weighted by atomic mass is 10.1. The van der Waals surface area contributed by atoms with E-state index in [1.54, 1.807) is 24.5 Å². The van der Waals surface area contributed by atoms with Crippen molar-refractivity contribution in [1.29, 1.82) is 0 Å². The number of alkyl carbamates (subject to hydrolysis) is 1. The van der Waals surface area contributed by atoms with Crippen molar-refractivity contribution in [2.24, 2.45) is 0 Å². The van der Waals surface area contributed by atoms with Gasteiger partial charge in [-0.25, -0.2) is 4.79 Å². The summed E-state index contributed by atoms with van der Waals surface area (Å²) in [4.78, 5) is 23.2. The summed E-state index contributed by atoms with van der Waals surface area (Å²) in [7, 11) is 1.47. The van der Waals surface area contributed by atoms with Crippen molar-refractivity contribution in [1.82, 2.24) is 5.32 Å². The van der Waals surface area contributed by atoms with Gasteiger partial charge in [0.25, 0.3) is 0 Å². The number of nitrogens with one attached hydrogen (secondary N) is 1. The minimum absolute atomic E-state index is 0.256. The quantitative estimate of drug-likeness (QED) is 0.891. The van der Waals surface area contributed by atoms with Crippen molar-refractivity contribution >= 4 is 23.7 Å². The molecule has 0 aliphatic rings. The largest absolute Gasteiger partial charge is 0.496 e. The molecule has 1 amide bonds. The van der Waals surface area contributed by atoms with Gasteiger partial charge in [-0.3, -0.25) is 4.79 Å². The zero-order valence-corrected chi connectivity index (χ0v) is 12.2. The molecule has 21 heavy (non-hydrogen) atoms. The molecular weight excluding hydrogens is 290 g/mol. The van der Waals surface area contributed by atoms with Crippen LogP contribution in [0.25, 0.3) is 0 Å². The standard InChI is InChI=1S/C15H14NO4S/c1-19-14-7-11(4-5-12(14)9-17)8-16-15(18)20-10-13-3-2-6-21-13/h2-7H,8,10H2,1H3,(H,16,18). The average molecular weight is 304 g/mol. The number of amides is 1. The fraction of sp³-hybridized carbons (Fsp3) is 0.200. The van der Waals surface area contributed by atoms with Crippen molar-refractivity contribution in [3.8, 4) is 5.75 Å². The van der Waals surface area contributed by atoms with Crippen LogP contribution in [-0.2, 0) is 22.7 Å². The summed E-state index contributed by atoms with van der Waals surface area (Å²) in [5, 5.41) is 4.56. The van der Waals surface area contributed by atoms with E-state index >= 15 is 0 Å². The summed E-state index contributed by atoms with van der Waals surface area (Å²) in [6, 6.07) is 8.80. The van der Waals surface area contributed by atoms with Crippen molar-refractivity contribution in [2.45, 2.75) is 13.2 Å². The zero-order valence-electron chi connectivity index (χ0n) is 11.4. The Morgan fingerprint density at radius 2 is 2.24 bits per heavy atom. The monoisotopic (exact) mass is 304 g/mol. The van der Waals surface area contributed by atoms with E-state index in [-0.39, 0.29) is 6.61 Å². The molecule has 0 unspecified atom stereocenters. The molecule has 0 saturated carbocycles. The van der Waals surface area contributed by atoms with Gasteiger partial charge in [-0.15, -0.1) is 11.3 Å². The highest BCUT2D eigenvalue weighted by Gasteiger charge is 2.07. The van der Waals surface area contributed by atoms with E-state index in [1.807, 2.05) is 17.5 Å². The number of thiophene rings is 1. The first-order valence-electron chi connectivity index (χ1n) is 6.21. The SMILES string of the molecule is COc1cc(CNC(=O)OCc2cccs2)ccc1[C]=O. The van der Waals surface area contributed by atoms with E-state index in [1.165, 1.54) is 18.4 Å². The van der Waals surface area contributed by atoms with Crippen LogP contribution in [0.15, 0.2) is 35.7 Å². The van der Waals surface area contributed by atoms with Gasteiger partial charge in [0.05, 0.1) is 12.7 Å². The van der Waals surface area contributed by atoms with Crippen molar-refractivity contribution in [3.63, 3.8) is 0 Å². The maximum absolute atomic E-state index is 11.6. The van der Waals surface area contributed by atoms with E-state index in [0.717, 1.165) is 10.4 Å². The lowest BCUT2D eigenvalue weighted by Gasteiger charge is -2.08. The lowest BCUT2D eigenvalue weighted by molar-refractivity contribution is 0.140. The van der Waals surface area contributed by atoms with E-state index in [0.29, 0.717) is 17.9 Å². The van der Waals surface area contributed by atoms with Gasteiger partial charge in [0, 0.05) is 11.4 Å². The van der Waals surface area contributed by atoms with Gasteiger partial charge in [-0.05, 0) is 29.1 Å². The molecule has 1 aromatic carbocycles. The van der Waals surface area contributed by atoms with Crippen LogP contribution in [0.3, 0.4) is 0 Å². The van der Waals surface area contributed by atoms with Gasteiger partial charge in [0.1, 0.15) is 12.4 Å². The molecule has 5 nitrogen and oxygen atoms in total. The van der Waals surface area contributed by atoms with Gasteiger partial charge in [0.2, 0.25) is 6.29 Å². The van der Waals surface area contributed by atoms with Gasteiger partial charge in [0.15, 0.2) is 0 Å². The molecule has 2 rings (SSSR count). The summed E-state index contributed by atoms with van der Waals surface area (Å²) in [6.07, 6.45) is 1.30. The Hall–Kier alpha value is -2.34. The molecule has 0 spiro atoms. The Balaban J connectivity index is 1.84. The second kappa shape index (κ2) is 7.44. The number of carbonyl (C=O) groups is 1. The Morgan fingerprint density at radius 1 is 1.38 bits per heavy atom. The Kier molecular flexibility index (Phi) is 5.34. The van der Waals surface area contributed by atoms with Crippen LogP contribution >= 0.6 is 11.3 Å². The average Bonchev–Trinajstić information content (AvgIpc) is 3.04. The molecular formula is C15H14NO4S. The second-order valence-electron chi connectivity index (χ2n) is 4.15. The van der Waals surface area contributed by atoms with Crippen LogP contribution in [0.4, 0.5) is 4.79 Å². The summed E-state index contributed by atoms with van der Waals surface area (Å²) in [5.41, 5.74) is 1.15. The first-order valence-corrected chi connectivity index (χ1v) is 7.09. The van der Waals surface area contributed by atoms with Crippen molar-refractivity contribution in [3.05, 3.63) is 51.7 Å². The highest BCUT2D eigenvalue weighted by molar-refractivity contribution is 7.09. The molecule has 0 bridgehead atoms. The topological polar surface area (TPSA) is 64.6 Å². The maximum Gasteiger partial charge on any atom is 0.407 e. The summed E-state index contributed by atoms with van der Waals surface area (Å²) in [6.45, 7) is 0.546. The molecule has 109 valence electrons. The number of hydrogen-bond acceptors (Lipinski definition) is 5. The molecule has 0 atom stereocenters.